The number of nitrogens with zero attached hydrogens (tertiary/aromatic N) is 1. The van der Waals surface area contributed by atoms with Gasteiger partial charge in [-0.2, -0.15) is 0 Å². The molecule has 0 atom stereocenters. The Labute approximate surface area is 137 Å². The fourth-order valence-corrected chi connectivity index (χ4v) is 3.87. The van der Waals surface area contributed by atoms with E-state index in [0.29, 0.717) is 0 Å². The Balaban J connectivity index is 1.68. The minimum atomic E-state index is -0.115. The molecule has 1 aliphatic heterocycles. The van der Waals surface area contributed by atoms with Gasteiger partial charge in [-0.05, 0) is 50.8 Å². The molecule has 2 heterocycles. The number of rotatable bonds is 7. The molecule has 22 heavy (non-hydrogen) atoms. The monoisotopic (exact) mass is 324 g/mol. The van der Waals surface area contributed by atoms with Gasteiger partial charge in [-0.15, -0.1) is 11.3 Å². The number of aryl methyl sites for hydroxylation is 2. The van der Waals surface area contributed by atoms with Crippen LogP contribution in [0.15, 0.2) is 6.07 Å². The van der Waals surface area contributed by atoms with Crippen LogP contribution in [0, 0.1) is 6.92 Å². The third kappa shape index (κ3) is 5.07. The van der Waals surface area contributed by atoms with Crippen molar-refractivity contribution in [1.82, 2.24) is 10.2 Å². The molecule has 0 unspecified atom stereocenters. The van der Waals surface area contributed by atoms with Crippen LogP contribution in [0.3, 0.4) is 0 Å². The van der Waals surface area contributed by atoms with Crippen molar-refractivity contribution < 1.29 is 9.90 Å². The van der Waals surface area contributed by atoms with Crippen LogP contribution in [-0.4, -0.2) is 48.2 Å². The molecule has 2 N–H and O–H groups in total. The van der Waals surface area contributed by atoms with Crippen LogP contribution in [-0.2, 0) is 6.42 Å². The maximum atomic E-state index is 12.2. The Bertz CT molecular complexity index is 479. The molecule has 0 aromatic carbocycles. The van der Waals surface area contributed by atoms with Gasteiger partial charge < -0.3 is 15.3 Å². The molecule has 1 amide bonds. The van der Waals surface area contributed by atoms with E-state index in [1.165, 1.54) is 10.4 Å². The minimum absolute atomic E-state index is 0.0597. The summed E-state index contributed by atoms with van der Waals surface area (Å²) < 4.78 is 0. The molecule has 0 saturated carbocycles. The molecule has 1 aliphatic rings. The molecule has 0 aliphatic carbocycles. The van der Waals surface area contributed by atoms with Gasteiger partial charge in [0.1, 0.15) is 0 Å². The van der Waals surface area contributed by atoms with E-state index >= 15 is 0 Å². The van der Waals surface area contributed by atoms with E-state index in [1.54, 1.807) is 11.3 Å². The lowest BCUT2D eigenvalue weighted by atomic mass is 10.1. The molecular weight excluding hydrogens is 296 g/mol. The highest BCUT2D eigenvalue weighted by atomic mass is 32.1. The van der Waals surface area contributed by atoms with Crippen LogP contribution in [0.2, 0.25) is 0 Å². The number of piperidine rings is 1. The first-order valence-corrected chi connectivity index (χ1v) is 9.19. The lowest BCUT2D eigenvalue weighted by molar-refractivity contribution is 0.0816. The van der Waals surface area contributed by atoms with Crippen LogP contribution in [0.4, 0.5) is 0 Å². The number of aliphatic hydroxyl groups is 1. The van der Waals surface area contributed by atoms with E-state index in [-0.39, 0.29) is 12.0 Å². The van der Waals surface area contributed by atoms with Crippen molar-refractivity contribution >= 4 is 17.2 Å². The van der Waals surface area contributed by atoms with E-state index < -0.39 is 0 Å². The molecule has 1 aromatic rings. The van der Waals surface area contributed by atoms with E-state index in [4.69, 9.17) is 0 Å². The zero-order chi connectivity index (χ0) is 15.9. The molecule has 1 fully saturated rings. The molecule has 1 aromatic heterocycles. The first-order valence-electron chi connectivity index (χ1n) is 8.38. The summed E-state index contributed by atoms with van der Waals surface area (Å²) in [5, 5.41) is 12.5. The quantitative estimate of drug-likeness (QED) is 0.758. The van der Waals surface area contributed by atoms with E-state index in [1.807, 2.05) is 6.07 Å². The van der Waals surface area contributed by atoms with Crippen molar-refractivity contribution in [2.24, 2.45) is 0 Å². The van der Waals surface area contributed by atoms with E-state index in [2.05, 4.69) is 24.1 Å². The van der Waals surface area contributed by atoms with E-state index in [0.717, 1.165) is 63.2 Å². The SMILES string of the molecule is CCCc1cc(C(=O)NCCCN2CCC(O)CC2)sc1C. The third-order valence-electron chi connectivity index (χ3n) is 4.26. The second-order valence-electron chi connectivity index (χ2n) is 6.12. The summed E-state index contributed by atoms with van der Waals surface area (Å²) in [6, 6.07) is 2.05. The van der Waals surface area contributed by atoms with Crippen molar-refractivity contribution in [2.75, 3.05) is 26.2 Å². The lowest BCUT2D eigenvalue weighted by Crippen LogP contribution is -2.37. The Morgan fingerprint density at radius 1 is 1.45 bits per heavy atom. The van der Waals surface area contributed by atoms with Crippen molar-refractivity contribution in [1.29, 1.82) is 0 Å². The predicted octanol–water partition coefficient (Wildman–Crippen LogP) is 2.59. The van der Waals surface area contributed by atoms with Gasteiger partial charge >= 0.3 is 0 Å². The van der Waals surface area contributed by atoms with Crippen LogP contribution in [0.25, 0.3) is 0 Å². The number of thiophene rings is 1. The van der Waals surface area contributed by atoms with Crippen LogP contribution < -0.4 is 5.32 Å². The normalized spacial score (nSPS) is 16.9. The van der Waals surface area contributed by atoms with Gasteiger partial charge in [0.15, 0.2) is 0 Å². The Morgan fingerprint density at radius 3 is 2.86 bits per heavy atom. The fraction of sp³-hybridized carbons (Fsp3) is 0.706. The average Bonchev–Trinajstić information content (AvgIpc) is 2.87. The van der Waals surface area contributed by atoms with Crippen LogP contribution >= 0.6 is 11.3 Å². The number of carbonyl (C=O) groups is 1. The number of hydrogen-bond acceptors (Lipinski definition) is 4. The first kappa shape index (κ1) is 17.4. The number of carbonyl (C=O) groups excluding carboxylic acids is 1. The molecule has 124 valence electrons. The summed E-state index contributed by atoms with van der Waals surface area (Å²) in [6.45, 7) is 7.92. The highest BCUT2D eigenvalue weighted by molar-refractivity contribution is 7.14. The number of likely N-dealkylation sites (tertiary alicyclic amines) is 1. The van der Waals surface area contributed by atoms with Crippen molar-refractivity contribution in [3.63, 3.8) is 0 Å². The molecule has 0 spiro atoms. The van der Waals surface area contributed by atoms with Gasteiger partial charge in [0.2, 0.25) is 0 Å². The fourth-order valence-electron chi connectivity index (χ4n) is 2.88. The zero-order valence-electron chi connectivity index (χ0n) is 13.7. The van der Waals surface area contributed by atoms with Gasteiger partial charge in [0, 0.05) is 24.5 Å². The number of nitrogens with one attached hydrogen (secondary N) is 1. The largest absolute Gasteiger partial charge is 0.393 e. The summed E-state index contributed by atoms with van der Waals surface area (Å²) in [5.41, 5.74) is 1.31. The van der Waals surface area contributed by atoms with Gasteiger partial charge in [0.05, 0.1) is 11.0 Å². The van der Waals surface area contributed by atoms with Gasteiger partial charge in [0.25, 0.3) is 5.91 Å². The van der Waals surface area contributed by atoms with Crippen LogP contribution in [0.1, 0.15) is 52.7 Å². The molecular formula is C17H28N2O2S. The maximum absolute atomic E-state index is 12.2. The molecule has 4 nitrogen and oxygen atoms in total. The molecule has 5 heteroatoms. The Morgan fingerprint density at radius 2 is 2.18 bits per heavy atom. The Hall–Kier alpha value is -0.910. The lowest BCUT2D eigenvalue weighted by Gasteiger charge is -2.29. The Kier molecular flexibility index (Phi) is 6.86. The molecule has 2 rings (SSSR count). The summed E-state index contributed by atoms with van der Waals surface area (Å²) in [4.78, 5) is 16.6. The topological polar surface area (TPSA) is 52.6 Å². The van der Waals surface area contributed by atoms with Gasteiger partial charge in [-0.25, -0.2) is 0 Å². The first-order chi connectivity index (χ1) is 10.6. The molecule has 0 radical (unpaired) electrons. The summed E-state index contributed by atoms with van der Waals surface area (Å²) in [7, 11) is 0. The molecule has 0 bridgehead atoms. The second kappa shape index (κ2) is 8.65. The van der Waals surface area contributed by atoms with Gasteiger partial charge in [-0.3, -0.25) is 4.79 Å². The second-order valence-corrected chi connectivity index (χ2v) is 7.38. The summed E-state index contributed by atoms with van der Waals surface area (Å²) in [6.07, 6.45) is 4.77. The smallest absolute Gasteiger partial charge is 0.261 e. The van der Waals surface area contributed by atoms with Crippen molar-refractivity contribution in [3.05, 3.63) is 21.4 Å². The van der Waals surface area contributed by atoms with Crippen molar-refractivity contribution in [2.45, 2.75) is 52.1 Å². The summed E-state index contributed by atoms with van der Waals surface area (Å²) >= 11 is 1.60. The highest BCUT2D eigenvalue weighted by Gasteiger charge is 2.16. The molecule has 1 saturated heterocycles. The highest BCUT2D eigenvalue weighted by Crippen LogP contribution is 2.22. The minimum Gasteiger partial charge on any atom is -0.393 e. The van der Waals surface area contributed by atoms with Crippen LogP contribution in [0.5, 0.6) is 0 Å². The van der Waals surface area contributed by atoms with Gasteiger partial charge in [-0.1, -0.05) is 13.3 Å². The number of aliphatic hydroxyl groups excluding tert-OH is 1. The standard InChI is InChI=1S/C17H28N2O2S/c1-3-5-14-12-16(22-13(14)2)17(21)18-8-4-9-19-10-6-15(20)7-11-19/h12,15,20H,3-11H2,1-2H3,(H,18,21). The van der Waals surface area contributed by atoms with E-state index in [9.17, 15) is 9.90 Å². The zero-order valence-corrected chi connectivity index (χ0v) is 14.5. The number of amides is 1. The maximum Gasteiger partial charge on any atom is 0.261 e. The van der Waals surface area contributed by atoms with Crippen molar-refractivity contribution in [3.8, 4) is 0 Å². The average molecular weight is 324 g/mol. The summed E-state index contributed by atoms with van der Waals surface area (Å²) in [5.74, 6) is 0.0597. The number of hydrogen-bond donors (Lipinski definition) is 2. The third-order valence-corrected chi connectivity index (χ3v) is 5.35. The predicted molar refractivity (Wildman–Crippen MR) is 91.7 cm³/mol.